The molecule has 102 valence electrons. The summed E-state index contributed by atoms with van der Waals surface area (Å²) in [5.74, 6) is -0.546. The van der Waals surface area contributed by atoms with E-state index in [-0.39, 0.29) is 11.7 Å². The lowest BCUT2D eigenvalue weighted by atomic mass is 10.1. The van der Waals surface area contributed by atoms with Gasteiger partial charge in [-0.05, 0) is 36.4 Å². The summed E-state index contributed by atoms with van der Waals surface area (Å²) in [7, 11) is 0. The third-order valence-electron chi connectivity index (χ3n) is 3.15. The van der Waals surface area contributed by atoms with Crippen molar-refractivity contribution in [3.8, 4) is 0 Å². The van der Waals surface area contributed by atoms with Gasteiger partial charge in [0.05, 0.1) is 16.9 Å². The minimum absolute atomic E-state index is 0.218. The first-order chi connectivity index (χ1) is 9.74. The number of halogens is 1. The molecule has 1 aliphatic heterocycles. The maximum absolute atomic E-state index is 12.8. The largest absolute Gasteiger partial charge is 0.382 e. The van der Waals surface area contributed by atoms with E-state index in [1.54, 1.807) is 6.07 Å². The highest BCUT2D eigenvalue weighted by Crippen LogP contribution is 2.28. The molecule has 4 nitrogen and oxygen atoms in total. The Morgan fingerprint density at radius 1 is 1.05 bits per heavy atom. The third-order valence-corrected chi connectivity index (χ3v) is 3.15. The third kappa shape index (κ3) is 2.42. The number of hydrogen-bond acceptors (Lipinski definition) is 3. The van der Waals surface area contributed by atoms with Crippen molar-refractivity contribution in [3.05, 3.63) is 53.8 Å². The molecule has 2 aromatic rings. The van der Waals surface area contributed by atoms with Crippen LogP contribution >= 0.6 is 0 Å². The van der Waals surface area contributed by atoms with Crippen molar-refractivity contribution in [2.45, 2.75) is 0 Å². The first-order valence-corrected chi connectivity index (χ1v) is 6.42. The van der Waals surface area contributed by atoms with E-state index in [1.807, 2.05) is 12.1 Å². The quantitative estimate of drug-likeness (QED) is 0.787. The van der Waals surface area contributed by atoms with Gasteiger partial charge in [-0.2, -0.15) is 0 Å². The molecule has 1 amide bonds. The molecule has 0 fully saturated rings. The number of fused-ring (bicyclic) bond motifs is 1. The number of rotatable bonds is 2. The summed E-state index contributed by atoms with van der Waals surface area (Å²) in [5, 5.41) is 9.22. The number of amides is 1. The van der Waals surface area contributed by atoms with Gasteiger partial charge in [0, 0.05) is 18.8 Å². The molecular weight excluding hydrogens is 257 g/mol. The Kier molecular flexibility index (Phi) is 3.25. The molecule has 0 unspecified atom stereocenters. The van der Waals surface area contributed by atoms with Crippen LogP contribution in [-0.4, -0.2) is 19.0 Å². The lowest BCUT2D eigenvalue weighted by Crippen LogP contribution is -2.24. The van der Waals surface area contributed by atoms with Gasteiger partial charge >= 0.3 is 0 Å². The molecule has 20 heavy (non-hydrogen) atoms. The van der Waals surface area contributed by atoms with Crippen molar-refractivity contribution in [3.63, 3.8) is 0 Å². The highest BCUT2D eigenvalue weighted by atomic mass is 19.1. The van der Waals surface area contributed by atoms with Crippen LogP contribution in [-0.2, 0) is 0 Å². The van der Waals surface area contributed by atoms with Crippen LogP contribution in [0.25, 0.3) is 0 Å². The van der Waals surface area contributed by atoms with Crippen molar-refractivity contribution < 1.29 is 9.18 Å². The smallest absolute Gasteiger partial charge is 0.257 e. The topological polar surface area (TPSA) is 53.2 Å². The molecule has 0 spiro atoms. The molecule has 3 N–H and O–H groups in total. The number of carbonyl (C=O) groups is 1. The summed E-state index contributed by atoms with van der Waals surface area (Å²) < 4.78 is 12.8. The zero-order valence-electron chi connectivity index (χ0n) is 10.7. The molecule has 2 aromatic carbocycles. The monoisotopic (exact) mass is 271 g/mol. The minimum Gasteiger partial charge on any atom is -0.382 e. The van der Waals surface area contributed by atoms with Gasteiger partial charge in [-0.25, -0.2) is 4.39 Å². The van der Waals surface area contributed by atoms with Crippen molar-refractivity contribution >= 4 is 23.0 Å². The van der Waals surface area contributed by atoms with E-state index < -0.39 is 0 Å². The fourth-order valence-corrected chi connectivity index (χ4v) is 2.20. The second-order valence-corrected chi connectivity index (χ2v) is 4.54. The van der Waals surface area contributed by atoms with Crippen LogP contribution in [0, 0.1) is 5.82 Å². The predicted molar refractivity (Wildman–Crippen MR) is 77.8 cm³/mol. The standard InChI is InChI=1S/C15H14FN3O/c16-10-4-6-11(7-5-10)19-15(20)12-2-1-3-13-14(12)18-9-8-17-13/h1-7,17-18H,8-9H2,(H,19,20). The van der Waals surface area contributed by atoms with Crippen LogP contribution in [0.5, 0.6) is 0 Å². The zero-order chi connectivity index (χ0) is 13.9. The molecule has 5 heteroatoms. The lowest BCUT2D eigenvalue weighted by molar-refractivity contribution is 0.102. The Morgan fingerprint density at radius 3 is 2.60 bits per heavy atom. The Labute approximate surface area is 116 Å². The lowest BCUT2D eigenvalue weighted by Gasteiger charge is -2.22. The van der Waals surface area contributed by atoms with E-state index in [9.17, 15) is 9.18 Å². The van der Waals surface area contributed by atoms with Gasteiger partial charge in [-0.15, -0.1) is 0 Å². The van der Waals surface area contributed by atoms with E-state index in [1.165, 1.54) is 24.3 Å². The van der Waals surface area contributed by atoms with Gasteiger partial charge in [0.25, 0.3) is 5.91 Å². The van der Waals surface area contributed by atoms with E-state index in [0.717, 1.165) is 24.5 Å². The highest BCUT2D eigenvalue weighted by Gasteiger charge is 2.17. The Bertz CT molecular complexity index is 640. The molecule has 0 aliphatic carbocycles. The normalized spacial score (nSPS) is 12.8. The molecule has 0 saturated carbocycles. The van der Waals surface area contributed by atoms with Crippen molar-refractivity contribution in [2.75, 3.05) is 29.0 Å². The minimum atomic E-state index is -0.328. The average molecular weight is 271 g/mol. The van der Waals surface area contributed by atoms with E-state index >= 15 is 0 Å². The first-order valence-electron chi connectivity index (χ1n) is 6.42. The van der Waals surface area contributed by atoms with Gasteiger partial charge in [-0.3, -0.25) is 4.79 Å². The number of hydrogen-bond donors (Lipinski definition) is 3. The number of nitrogens with one attached hydrogen (secondary N) is 3. The summed E-state index contributed by atoms with van der Waals surface area (Å²) >= 11 is 0. The Balaban J connectivity index is 1.85. The Morgan fingerprint density at radius 2 is 1.80 bits per heavy atom. The summed E-state index contributed by atoms with van der Waals surface area (Å²) in [5.41, 5.74) is 2.86. The second kappa shape index (κ2) is 5.21. The molecule has 0 saturated heterocycles. The van der Waals surface area contributed by atoms with Crippen LogP contribution in [0.3, 0.4) is 0 Å². The molecule has 0 atom stereocenters. The maximum atomic E-state index is 12.8. The number of anilines is 3. The molecule has 0 radical (unpaired) electrons. The highest BCUT2D eigenvalue weighted by molar-refractivity contribution is 6.10. The molecule has 3 rings (SSSR count). The zero-order valence-corrected chi connectivity index (χ0v) is 10.7. The number of para-hydroxylation sites is 1. The number of carbonyl (C=O) groups excluding carboxylic acids is 1. The second-order valence-electron chi connectivity index (χ2n) is 4.54. The SMILES string of the molecule is O=C(Nc1ccc(F)cc1)c1cccc2c1NCCN2. The van der Waals surface area contributed by atoms with Crippen molar-refractivity contribution in [1.29, 1.82) is 0 Å². The fraction of sp³-hybridized carbons (Fsp3) is 0.133. The molecule has 0 aromatic heterocycles. The van der Waals surface area contributed by atoms with Gasteiger partial charge in [0.2, 0.25) is 0 Å². The first kappa shape index (κ1) is 12.5. The maximum Gasteiger partial charge on any atom is 0.257 e. The van der Waals surface area contributed by atoms with E-state index in [4.69, 9.17) is 0 Å². The molecule has 1 heterocycles. The number of benzene rings is 2. The molecular formula is C15H14FN3O. The van der Waals surface area contributed by atoms with Crippen LogP contribution < -0.4 is 16.0 Å². The molecule has 0 bridgehead atoms. The predicted octanol–water partition coefficient (Wildman–Crippen LogP) is 2.92. The fourth-order valence-electron chi connectivity index (χ4n) is 2.20. The van der Waals surface area contributed by atoms with Gasteiger partial charge in [-0.1, -0.05) is 6.07 Å². The van der Waals surface area contributed by atoms with Gasteiger partial charge in [0.15, 0.2) is 0 Å². The van der Waals surface area contributed by atoms with Gasteiger partial charge < -0.3 is 16.0 Å². The van der Waals surface area contributed by atoms with Crippen LogP contribution in [0.4, 0.5) is 21.5 Å². The summed E-state index contributed by atoms with van der Waals surface area (Å²) in [6, 6.07) is 11.2. The van der Waals surface area contributed by atoms with Crippen molar-refractivity contribution in [2.24, 2.45) is 0 Å². The average Bonchev–Trinajstić information content (AvgIpc) is 2.49. The molecule has 1 aliphatic rings. The van der Waals surface area contributed by atoms with Crippen LogP contribution in [0.1, 0.15) is 10.4 Å². The van der Waals surface area contributed by atoms with E-state index in [0.29, 0.717) is 11.3 Å². The van der Waals surface area contributed by atoms with E-state index in [2.05, 4.69) is 16.0 Å². The van der Waals surface area contributed by atoms with Gasteiger partial charge in [0.1, 0.15) is 5.82 Å². The van der Waals surface area contributed by atoms with Crippen LogP contribution in [0.2, 0.25) is 0 Å². The Hall–Kier alpha value is -2.56. The van der Waals surface area contributed by atoms with Crippen LogP contribution in [0.15, 0.2) is 42.5 Å². The summed E-state index contributed by atoms with van der Waals surface area (Å²) in [6.07, 6.45) is 0. The summed E-state index contributed by atoms with van der Waals surface area (Å²) in [4.78, 5) is 12.3. The van der Waals surface area contributed by atoms with Crippen molar-refractivity contribution in [1.82, 2.24) is 0 Å². The summed E-state index contributed by atoms with van der Waals surface area (Å²) in [6.45, 7) is 1.60.